The minimum Gasteiger partial charge on any atom is -0.356 e. The van der Waals surface area contributed by atoms with Gasteiger partial charge in [0, 0.05) is 30.0 Å². The zero-order valence-corrected chi connectivity index (χ0v) is 10.2. The normalized spacial score (nSPS) is 10.0. The summed E-state index contributed by atoms with van der Waals surface area (Å²) >= 11 is 7.57. The lowest BCUT2D eigenvalue weighted by Crippen LogP contribution is -2.22. The van der Waals surface area contributed by atoms with Crippen LogP contribution in [-0.4, -0.2) is 18.2 Å². The minimum absolute atomic E-state index is 0.0297. The van der Waals surface area contributed by atoms with E-state index in [-0.39, 0.29) is 5.91 Å². The van der Waals surface area contributed by atoms with Gasteiger partial charge < -0.3 is 5.32 Å². The Balaban J connectivity index is 2.15. The molecule has 0 atom stereocenters. The average molecular weight is 244 g/mol. The van der Waals surface area contributed by atoms with Gasteiger partial charge in [-0.05, 0) is 17.7 Å². The lowest BCUT2D eigenvalue weighted by molar-refractivity contribution is -0.118. The van der Waals surface area contributed by atoms with Gasteiger partial charge in [-0.15, -0.1) is 0 Å². The van der Waals surface area contributed by atoms with E-state index in [1.165, 1.54) is 12.5 Å². The Bertz CT molecular complexity index is 313. The number of rotatable bonds is 5. The van der Waals surface area contributed by atoms with E-state index in [2.05, 4.69) is 5.32 Å². The molecule has 0 aliphatic heterocycles. The maximum absolute atomic E-state index is 10.6. The molecule has 0 saturated carbocycles. The van der Waals surface area contributed by atoms with E-state index < -0.39 is 0 Å². The van der Waals surface area contributed by atoms with E-state index in [0.717, 1.165) is 23.1 Å². The predicted octanol–water partition coefficient (Wildman–Crippen LogP) is 2.71. The van der Waals surface area contributed by atoms with E-state index in [4.69, 9.17) is 11.6 Å². The number of carbonyl (C=O) groups is 1. The standard InChI is InChI=1S/C11H14ClNOS/c1-9(14)13-6-7-15-8-10-2-4-11(12)5-3-10/h2-5H,6-8H2,1H3,(H,13,14). The van der Waals surface area contributed by atoms with Crippen LogP contribution in [0.15, 0.2) is 24.3 Å². The second-order valence-electron chi connectivity index (χ2n) is 3.16. The van der Waals surface area contributed by atoms with Gasteiger partial charge in [0.2, 0.25) is 5.91 Å². The molecule has 15 heavy (non-hydrogen) atoms. The maximum atomic E-state index is 10.6. The van der Waals surface area contributed by atoms with Crippen molar-refractivity contribution in [2.24, 2.45) is 0 Å². The summed E-state index contributed by atoms with van der Waals surface area (Å²) in [6.45, 7) is 2.26. The molecule has 1 aromatic rings. The third-order valence-electron chi connectivity index (χ3n) is 1.80. The molecule has 82 valence electrons. The highest BCUT2D eigenvalue weighted by Gasteiger charge is 1.95. The molecule has 0 heterocycles. The van der Waals surface area contributed by atoms with Gasteiger partial charge in [0.05, 0.1) is 0 Å². The topological polar surface area (TPSA) is 29.1 Å². The maximum Gasteiger partial charge on any atom is 0.216 e. The van der Waals surface area contributed by atoms with Gasteiger partial charge >= 0.3 is 0 Å². The van der Waals surface area contributed by atoms with E-state index >= 15 is 0 Å². The van der Waals surface area contributed by atoms with Crippen LogP contribution in [-0.2, 0) is 10.5 Å². The van der Waals surface area contributed by atoms with Crippen molar-refractivity contribution in [3.63, 3.8) is 0 Å². The number of carbonyl (C=O) groups excluding carboxylic acids is 1. The molecule has 0 unspecified atom stereocenters. The van der Waals surface area contributed by atoms with Gasteiger partial charge in [-0.3, -0.25) is 4.79 Å². The summed E-state index contributed by atoms with van der Waals surface area (Å²) in [6, 6.07) is 7.83. The number of hydrogen-bond acceptors (Lipinski definition) is 2. The molecule has 1 N–H and O–H groups in total. The van der Waals surface area contributed by atoms with Crippen LogP contribution in [0.4, 0.5) is 0 Å². The van der Waals surface area contributed by atoms with Crippen LogP contribution in [0, 0.1) is 0 Å². The molecular weight excluding hydrogens is 230 g/mol. The van der Waals surface area contributed by atoms with Crippen molar-refractivity contribution in [1.82, 2.24) is 5.32 Å². The van der Waals surface area contributed by atoms with Gasteiger partial charge in [0.25, 0.3) is 0 Å². The molecule has 0 radical (unpaired) electrons. The zero-order chi connectivity index (χ0) is 11.1. The molecule has 4 heteroatoms. The number of halogens is 1. The van der Waals surface area contributed by atoms with Crippen LogP contribution in [0.25, 0.3) is 0 Å². The summed E-state index contributed by atoms with van der Waals surface area (Å²) in [7, 11) is 0. The second kappa shape index (κ2) is 6.75. The molecular formula is C11H14ClNOS. The largest absolute Gasteiger partial charge is 0.356 e. The van der Waals surface area contributed by atoms with E-state index in [1.54, 1.807) is 11.8 Å². The summed E-state index contributed by atoms with van der Waals surface area (Å²) in [6.07, 6.45) is 0. The summed E-state index contributed by atoms with van der Waals surface area (Å²) in [4.78, 5) is 10.6. The van der Waals surface area contributed by atoms with Gasteiger partial charge in [0.15, 0.2) is 0 Å². The molecule has 0 fully saturated rings. The monoisotopic (exact) mass is 243 g/mol. The molecule has 0 spiro atoms. The van der Waals surface area contributed by atoms with Crippen LogP contribution in [0.3, 0.4) is 0 Å². The second-order valence-corrected chi connectivity index (χ2v) is 4.70. The first-order valence-corrected chi connectivity index (χ1v) is 6.28. The molecule has 1 amide bonds. The Morgan fingerprint density at radius 1 is 1.40 bits per heavy atom. The number of amides is 1. The molecule has 1 aromatic carbocycles. The van der Waals surface area contributed by atoms with Crippen molar-refractivity contribution in [3.8, 4) is 0 Å². The van der Waals surface area contributed by atoms with Crippen LogP contribution >= 0.6 is 23.4 Å². The van der Waals surface area contributed by atoms with Gasteiger partial charge in [0.1, 0.15) is 0 Å². The zero-order valence-electron chi connectivity index (χ0n) is 8.63. The Morgan fingerprint density at radius 2 is 2.07 bits per heavy atom. The van der Waals surface area contributed by atoms with Crippen LogP contribution in [0.2, 0.25) is 5.02 Å². The van der Waals surface area contributed by atoms with Crippen molar-refractivity contribution < 1.29 is 4.79 Å². The molecule has 0 saturated heterocycles. The van der Waals surface area contributed by atoms with Crippen molar-refractivity contribution in [3.05, 3.63) is 34.9 Å². The Kier molecular flexibility index (Phi) is 5.58. The summed E-state index contributed by atoms with van der Waals surface area (Å²) in [5, 5.41) is 3.53. The first-order valence-electron chi connectivity index (χ1n) is 4.75. The van der Waals surface area contributed by atoms with Crippen molar-refractivity contribution in [1.29, 1.82) is 0 Å². The third-order valence-corrected chi connectivity index (χ3v) is 3.08. The van der Waals surface area contributed by atoms with E-state index in [0.29, 0.717) is 0 Å². The lowest BCUT2D eigenvalue weighted by Gasteiger charge is -2.02. The van der Waals surface area contributed by atoms with E-state index in [1.807, 2.05) is 24.3 Å². The van der Waals surface area contributed by atoms with Gasteiger partial charge in [-0.25, -0.2) is 0 Å². The Labute approximate surface area is 99.4 Å². The highest BCUT2D eigenvalue weighted by molar-refractivity contribution is 7.98. The van der Waals surface area contributed by atoms with Crippen molar-refractivity contribution in [2.45, 2.75) is 12.7 Å². The van der Waals surface area contributed by atoms with Crippen LogP contribution < -0.4 is 5.32 Å². The molecule has 2 nitrogen and oxygen atoms in total. The highest BCUT2D eigenvalue weighted by atomic mass is 35.5. The predicted molar refractivity (Wildman–Crippen MR) is 66.3 cm³/mol. The Morgan fingerprint density at radius 3 is 2.67 bits per heavy atom. The summed E-state index contributed by atoms with van der Waals surface area (Å²) in [5.41, 5.74) is 1.26. The third kappa shape index (κ3) is 5.70. The molecule has 0 bridgehead atoms. The van der Waals surface area contributed by atoms with E-state index in [9.17, 15) is 4.79 Å². The SMILES string of the molecule is CC(=O)NCCSCc1ccc(Cl)cc1. The van der Waals surface area contributed by atoms with Crippen LogP contribution in [0.1, 0.15) is 12.5 Å². The average Bonchev–Trinajstić information content (AvgIpc) is 2.20. The van der Waals surface area contributed by atoms with Gasteiger partial charge in [-0.2, -0.15) is 11.8 Å². The first kappa shape index (κ1) is 12.4. The number of hydrogen-bond donors (Lipinski definition) is 1. The van der Waals surface area contributed by atoms with Crippen molar-refractivity contribution in [2.75, 3.05) is 12.3 Å². The molecule has 0 aliphatic carbocycles. The minimum atomic E-state index is 0.0297. The lowest BCUT2D eigenvalue weighted by atomic mass is 10.2. The number of nitrogens with one attached hydrogen (secondary N) is 1. The highest BCUT2D eigenvalue weighted by Crippen LogP contribution is 2.14. The fourth-order valence-electron chi connectivity index (χ4n) is 1.07. The first-order chi connectivity index (χ1) is 7.18. The fourth-order valence-corrected chi connectivity index (χ4v) is 2.01. The molecule has 0 aromatic heterocycles. The van der Waals surface area contributed by atoms with Crippen molar-refractivity contribution >= 4 is 29.3 Å². The van der Waals surface area contributed by atoms with Crippen LogP contribution in [0.5, 0.6) is 0 Å². The number of benzene rings is 1. The van der Waals surface area contributed by atoms with Gasteiger partial charge in [-0.1, -0.05) is 23.7 Å². The molecule has 1 rings (SSSR count). The summed E-state index contributed by atoms with van der Waals surface area (Å²) < 4.78 is 0. The number of thioether (sulfide) groups is 1. The smallest absolute Gasteiger partial charge is 0.216 e. The quantitative estimate of drug-likeness (QED) is 0.806. The molecule has 0 aliphatic rings. The fraction of sp³-hybridized carbons (Fsp3) is 0.364. The summed E-state index contributed by atoms with van der Waals surface area (Å²) in [5.74, 6) is 1.92. The Hall–Kier alpha value is -0.670.